The highest BCUT2D eigenvalue weighted by Gasteiger charge is 2.50. The number of hydrogen-bond donors (Lipinski definition) is 0. The number of rotatable bonds is 5. The quantitative estimate of drug-likeness (QED) is 0.387. The Morgan fingerprint density at radius 3 is 2.00 bits per heavy atom. The Morgan fingerprint density at radius 2 is 1.42 bits per heavy atom. The van der Waals surface area contributed by atoms with Gasteiger partial charge in [-0.3, -0.25) is 4.90 Å². The highest BCUT2D eigenvalue weighted by atomic mass is 32.2. The number of likely N-dealkylation sites (tertiary alicyclic amines) is 1. The van der Waals surface area contributed by atoms with E-state index in [0.29, 0.717) is 26.1 Å². The number of halogens is 1. The van der Waals surface area contributed by atoms with Crippen LogP contribution >= 0.6 is 0 Å². The summed E-state index contributed by atoms with van der Waals surface area (Å²) in [6, 6.07) is 23.0. The SMILES string of the molecule is CC.CC.Cc1ccc(C2(S(=O)(=O)c3ccc(F)cc3)CCN(Cc3ccccc3)C2)cc1. The first-order chi connectivity index (χ1) is 15.9. The summed E-state index contributed by atoms with van der Waals surface area (Å²) in [4.78, 5) is 2.36. The second-order valence-corrected chi connectivity index (χ2v) is 10.0. The van der Waals surface area contributed by atoms with E-state index >= 15 is 0 Å². The van der Waals surface area contributed by atoms with Crippen molar-refractivity contribution in [1.29, 1.82) is 0 Å². The minimum atomic E-state index is -3.72. The Kier molecular flexibility index (Phi) is 9.81. The smallest absolute Gasteiger partial charge is 0.189 e. The fourth-order valence-electron chi connectivity index (χ4n) is 4.14. The molecule has 0 aliphatic carbocycles. The van der Waals surface area contributed by atoms with Crippen molar-refractivity contribution in [3.63, 3.8) is 0 Å². The van der Waals surface area contributed by atoms with Crippen LogP contribution in [0.1, 0.15) is 50.8 Å². The first kappa shape index (κ1) is 26.7. The maximum absolute atomic E-state index is 13.8. The van der Waals surface area contributed by atoms with Crippen LogP contribution in [-0.2, 0) is 21.1 Å². The van der Waals surface area contributed by atoms with Gasteiger partial charge in [0, 0.05) is 19.6 Å². The van der Waals surface area contributed by atoms with Gasteiger partial charge < -0.3 is 0 Å². The van der Waals surface area contributed by atoms with Crippen molar-refractivity contribution in [2.75, 3.05) is 13.1 Å². The third-order valence-corrected chi connectivity index (χ3v) is 8.27. The third kappa shape index (κ3) is 5.90. The molecule has 3 nitrogen and oxygen atoms in total. The van der Waals surface area contributed by atoms with Gasteiger partial charge in [-0.25, -0.2) is 12.8 Å². The van der Waals surface area contributed by atoms with Gasteiger partial charge in [0.15, 0.2) is 9.84 Å². The van der Waals surface area contributed by atoms with Gasteiger partial charge in [0.05, 0.1) is 4.90 Å². The van der Waals surface area contributed by atoms with Crippen molar-refractivity contribution in [1.82, 2.24) is 4.90 Å². The molecule has 1 fully saturated rings. The fraction of sp³-hybridized carbons (Fsp3) is 0.357. The molecule has 178 valence electrons. The van der Waals surface area contributed by atoms with E-state index in [1.807, 2.05) is 77.1 Å². The molecule has 1 saturated heterocycles. The summed E-state index contributed by atoms with van der Waals surface area (Å²) < 4.78 is 40.0. The summed E-state index contributed by atoms with van der Waals surface area (Å²) >= 11 is 0. The number of hydrogen-bond acceptors (Lipinski definition) is 3. The van der Waals surface area contributed by atoms with Crippen LogP contribution in [0.3, 0.4) is 0 Å². The number of nitrogens with zero attached hydrogens (tertiary/aromatic N) is 1. The number of aryl methyl sites for hydroxylation is 1. The van der Waals surface area contributed by atoms with Crippen molar-refractivity contribution in [2.24, 2.45) is 0 Å². The Hall–Kier alpha value is -2.50. The van der Waals surface area contributed by atoms with Gasteiger partial charge in [0.2, 0.25) is 0 Å². The molecule has 1 aliphatic heterocycles. The zero-order valence-electron chi connectivity index (χ0n) is 20.4. The molecule has 3 aromatic rings. The van der Waals surface area contributed by atoms with Gasteiger partial charge in [0.1, 0.15) is 10.6 Å². The second kappa shape index (κ2) is 12.1. The van der Waals surface area contributed by atoms with Crippen LogP contribution in [0.2, 0.25) is 0 Å². The molecule has 5 heteroatoms. The molecule has 0 saturated carbocycles. The molecule has 0 N–H and O–H groups in total. The van der Waals surface area contributed by atoms with Crippen LogP contribution in [-0.4, -0.2) is 26.4 Å². The van der Waals surface area contributed by atoms with E-state index in [2.05, 4.69) is 17.0 Å². The average Bonchev–Trinajstić information content (AvgIpc) is 3.28. The molecular weight excluding hydrogens is 433 g/mol. The van der Waals surface area contributed by atoms with Crippen LogP contribution in [0, 0.1) is 12.7 Å². The predicted molar refractivity (Wildman–Crippen MR) is 135 cm³/mol. The van der Waals surface area contributed by atoms with E-state index < -0.39 is 20.4 Å². The number of benzene rings is 3. The number of sulfone groups is 1. The fourth-order valence-corrected chi connectivity index (χ4v) is 6.25. The molecular formula is C28H36FNO2S. The van der Waals surface area contributed by atoms with Crippen LogP contribution in [0.4, 0.5) is 4.39 Å². The van der Waals surface area contributed by atoms with E-state index in [1.165, 1.54) is 24.3 Å². The van der Waals surface area contributed by atoms with E-state index in [0.717, 1.165) is 16.7 Å². The van der Waals surface area contributed by atoms with Gasteiger partial charge in [-0.05, 0) is 48.7 Å². The molecule has 0 amide bonds. The van der Waals surface area contributed by atoms with Crippen molar-refractivity contribution >= 4 is 9.84 Å². The lowest BCUT2D eigenvalue weighted by Crippen LogP contribution is -2.39. The molecule has 1 unspecified atom stereocenters. The molecule has 0 spiro atoms. The summed E-state index contributed by atoms with van der Waals surface area (Å²) in [5.74, 6) is -0.439. The van der Waals surface area contributed by atoms with Gasteiger partial charge in [-0.2, -0.15) is 0 Å². The molecule has 0 bridgehead atoms. The molecule has 1 atom stereocenters. The molecule has 1 heterocycles. The maximum Gasteiger partial charge on any atom is 0.189 e. The Labute approximate surface area is 199 Å². The van der Waals surface area contributed by atoms with E-state index in [-0.39, 0.29) is 4.90 Å². The van der Waals surface area contributed by atoms with Crippen LogP contribution in [0.15, 0.2) is 83.8 Å². The summed E-state index contributed by atoms with van der Waals surface area (Å²) in [6.07, 6.45) is 0.503. The van der Waals surface area contributed by atoms with Gasteiger partial charge in [-0.1, -0.05) is 87.9 Å². The lowest BCUT2D eigenvalue weighted by molar-refractivity contribution is 0.320. The van der Waals surface area contributed by atoms with Crippen LogP contribution < -0.4 is 0 Å². The standard InChI is InChI=1S/C24H24FNO2S.2C2H6/c1-19-7-9-21(10-8-19)24(29(27,28)23-13-11-22(25)12-14-23)15-16-26(18-24)17-20-5-3-2-4-6-20;2*1-2/h2-14H,15-18H2,1H3;2*1-2H3. The van der Waals surface area contributed by atoms with Crippen molar-refractivity contribution in [3.05, 3.63) is 101 Å². The first-order valence-electron chi connectivity index (χ1n) is 11.7. The summed E-state index contributed by atoms with van der Waals surface area (Å²) in [5.41, 5.74) is 3.04. The van der Waals surface area contributed by atoms with Crippen molar-refractivity contribution in [2.45, 2.75) is 57.2 Å². The second-order valence-electron chi connectivity index (χ2n) is 7.76. The zero-order valence-corrected chi connectivity index (χ0v) is 21.2. The summed E-state index contributed by atoms with van der Waals surface area (Å²) in [5, 5.41) is 0. The van der Waals surface area contributed by atoms with Crippen LogP contribution in [0.25, 0.3) is 0 Å². The topological polar surface area (TPSA) is 37.4 Å². The highest BCUT2D eigenvalue weighted by molar-refractivity contribution is 7.92. The lowest BCUT2D eigenvalue weighted by atomic mass is 9.96. The molecule has 1 aliphatic rings. The Bertz CT molecular complexity index is 1080. The molecule has 4 rings (SSSR count). The van der Waals surface area contributed by atoms with Gasteiger partial charge >= 0.3 is 0 Å². The monoisotopic (exact) mass is 469 g/mol. The first-order valence-corrected chi connectivity index (χ1v) is 13.2. The summed E-state index contributed by atoms with van der Waals surface area (Å²) in [7, 11) is -3.72. The maximum atomic E-state index is 13.8. The Morgan fingerprint density at radius 1 is 0.848 bits per heavy atom. The largest absolute Gasteiger partial charge is 0.297 e. The predicted octanol–water partition coefficient (Wildman–Crippen LogP) is 6.76. The lowest BCUT2D eigenvalue weighted by Gasteiger charge is -2.30. The average molecular weight is 470 g/mol. The van der Waals surface area contributed by atoms with Crippen LogP contribution in [0.5, 0.6) is 0 Å². The highest BCUT2D eigenvalue weighted by Crippen LogP contribution is 2.43. The normalized spacial score (nSPS) is 18.0. The van der Waals surface area contributed by atoms with E-state index in [1.54, 1.807) is 0 Å². The minimum absolute atomic E-state index is 0.168. The van der Waals surface area contributed by atoms with E-state index in [9.17, 15) is 12.8 Å². The minimum Gasteiger partial charge on any atom is -0.297 e. The van der Waals surface area contributed by atoms with Gasteiger partial charge in [-0.15, -0.1) is 0 Å². The third-order valence-electron chi connectivity index (χ3n) is 5.78. The molecule has 0 aromatic heterocycles. The Balaban J connectivity index is 0.000000914. The van der Waals surface area contributed by atoms with Crippen molar-refractivity contribution in [3.8, 4) is 0 Å². The van der Waals surface area contributed by atoms with Crippen molar-refractivity contribution < 1.29 is 12.8 Å². The van der Waals surface area contributed by atoms with Gasteiger partial charge in [0.25, 0.3) is 0 Å². The molecule has 3 aromatic carbocycles. The summed E-state index contributed by atoms with van der Waals surface area (Å²) in [6.45, 7) is 11.8. The molecule has 33 heavy (non-hydrogen) atoms. The molecule has 0 radical (unpaired) electrons. The van der Waals surface area contributed by atoms with E-state index in [4.69, 9.17) is 0 Å². The zero-order chi connectivity index (χ0) is 24.5.